The first-order valence-electron chi connectivity index (χ1n) is 7.44. The zero-order valence-electron chi connectivity index (χ0n) is 12.8. The Hall–Kier alpha value is -1.79. The Morgan fingerprint density at radius 2 is 1.91 bits per heavy atom. The lowest BCUT2D eigenvalue weighted by Crippen LogP contribution is -2.40. The maximum Gasteiger partial charge on any atom is 0.243 e. The van der Waals surface area contributed by atoms with Gasteiger partial charge < -0.3 is 9.30 Å². The molecule has 2 heterocycles. The van der Waals surface area contributed by atoms with Crippen molar-refractivity contribution in [3.05, 3.63) is 48.3 Å². The van der Waals surface area contributed by atoms with E-state index in [2.05, 4.69) is 4.57 Å². The van der Waals surface area contributed by atoms with E-state index in [9.17, 15) is 8.42 Å². The molecule has 1 aliphatic rings. The van der Waals surface area contributed by atoms with Crippen LogP contribution >= 0.6 is 0 Å². The van der Waals surface area contributed by atoms with Crippen LogP contribution in [-0.2, 0) is 16.6 Å². The molecule has 118 valence electrons. The Balaban J connectivity index is 1.90. The van der Waals surface area contributed by atoms with E-state index >= 15 is 0 Å². The minimum atomic E-state index is -3.50. The van der Waals surface area contributed by atoms with Crippen LogP contribution in [0.4, 0.5) is 0 Å². The molecule has 5 nitrogen and oxygen atoms in total. The summed E-state index contributed by atoms with van der Waals surface area (Å²) in [5.41, 5.74) is 1.03. The van der Waals surface area contributed by atoms with E-state index < -0.39 is 10.0 Å². The second-order valence-corrected chi connectivity index (χ2v) is 7.21. The van der Waals surface area contributed by atoms with Gasteiger partial charge in [-0.2, -0.15) is 4.31 Å². The van der Waals surface area contributed by atoms with Crippen molar-refractivity contribution in [3.8, 4) is 5.75 Å². The second-order valence-electron chi connectivity index (χ2n) is 5.32. The van der Waals surface area contributed by atoms with Gasteiger partial charge in [0.1, 0.15) is 5.75 Å². The molecule has 0 unspecified atom stereocenters. The topological polar surface area (TPSA) is 51.5 Å². The van der Waals surface area contributed by atoms with E-state index in [0.717, 1.165) is 5.69 Å². The first-order valence-corrected chi connectivity index (χ1v) is 8.88. The van der Waals surface area contributed by atoms with E-state index in [1.807, 2.05) is 32.2 Å². The summed E-state index contributed by atoms with van der Waals surface area (Å²) in [4.78, 5) is 0.308. The van der Waals surface area contributed by atoms with E-state index in [0.29, 0.717) is 30.3 Å². The molecule has 22 heavy (non-hydrogen) atoms. The summed E-state index contributed by atoms with van der Waals surface area (Å²) in [6.45, 7) is 5.56. The van der Waals surface area contributed by atoms with Gasteiger partial charge in [0.15, 0.2) is 0 Å². The van der Waals surface area contributed by atoms with Gasteiger partial charge in [-0.1, -0.05) is 0 Å². The third kappa shape index (κ3) is 2.53. The van der Waals surface area contributed by atoms with Crippen molar-refractivity contribution in [2.75, 3.05) is 13.2 Å². The monoisotopic (exact) mass is 320 g/mol. The van der Waals surface area contributed by atoms with Crippen molar-refractivity contribution in [1.82, 2.24) is 8.87 Å². The van der Waals surface area contributed by atoms with Crippen molar-refractivity contribution in [3.63, 3.8) is 0 Å². The first kappa shape index (κ1) is 15.1. The molecule has 0 aliphatic carbocycles. The summed E-state index contributed by atoms with van der Waals surface area (Å²) in [5, 5.41) is 0. The van der Waals surface area contributed by atoms with Gasteiger partial charge in [-0.15, -0.1) is 0 Å². The fraction of sp³-hybridized carbons (Fsp3) is 0.375. The summed E-state index contributed by atoms with van der Waals surface area (Å²) in [6, 6.07) is 10.4. The van der Waals surface area contributed by atoms with Crippen LogP contribution < -0.4 is 4.74 Å². The van der Waals surface area contributed by atoms with Crippen LogP contribution in [0, 0.1) is 0 Å². The van der Waals surface area contributed by atoms with Gasteiger partial charge in [0, 0.05) is 25.0 Å². The smallest absolute Gasteiger partial charge is 0.243 e. The zero-order valence-corrected chi connectivity index (χ0v) is 13.6. The summed E-state index contributed by atoms with van der Waals surface area (Å²) in [6.07, 6.45) is 1.99. The van der Waals surface area contributed by atoms with Crippen LogP contribution in [0.15, 0.2) is 47.5 Å². The highest BCUT2D eigenvalue weighted by atomic mass is 32.2. The zero-order chi connectivity index (χ0) is 15.7. The highest BCUT2D eigenvalue weighted by molar-refractivity contribution is 7.89. The Bertz CT molecular complexity index is 750. The van der Waals surface area contributed by atoms with Crippen LogP contribution in [-0.4, -0.2) is 30.4 Å². The number of nitrogens with zero attached hydrogens (tertiary/aromatic N) is 2. The summed E-state index contributed by atoms with van der Waals surface area (Å²) < 4.78 is 34.8. The molecule has 0 saturated carbocycles. The van der Waals surface area contributed by atoms with Gasteiger partial charge in [0.2, 0.25) is 10.0 Å². The second kappa shape index (κ2) is 5.78. The van der Waals surface area contributed by atoms with E-state index in [1.54, 1.807) is 28.6 Å². The van der Waals surface area contributed by atoms with Crippen molar-refractivity contribution in [1.29, 1.82) is 0 Å². The van der Waals surface area contributed by atoms with Gasteiger partial charge >= 0.3 is 0 Å². The van der Waals surface area contributed by atoms with Crippen LogP contribution in [0.5, 0.6) is 5.75 Å². The van der Waals surface area contributed by atoms with E-state index in [1.165, 1.54) is 0 Å². The van der Waals surface area contributed by atoms with Crippen LogP contribution in [0.2, 0.25) is 0 Å². The van der Waals surface area contributed by atoms with Crippen molar-refractivity contribution in [2.45, 2.75) is 31.3 Å². The third-order valence-corrected chi connectivity index (χ3v) is 6.01. The summed E-state index contributed by atoms with van der Waals surface area (Å²) >= 11 is 0. The SMILES string of the molecule is CCOc1ccc(S(=O)(=O)N2CCn3cccc3[C@H]2C)cc1. The lowest BCUT2D eigenvalue weighted by atomic mass is 10.2. The largest absolute Gasteiger partial charge is 0.494 e. The average Bonchev–Trinajstić information content (AvgIpc) is 2.98. The summed E-state index contributed by atoms with van der Waals surface area (Å²) in [5.74, 6) is 0.682. The molecule has 0 radical (unpaired) electrons. The normalized spacial score (nSPS) is 18.9. The van der Waals surface area contributed by atoms with Gasteiger partial charge in [-0.25, -0.2) is 8.42 Å². The molecule has 1 aliphatic heterocycles. The van der Waals surface area contributed by atoms with Crippen molar-refractivity contribution < 1.29 is 13.2 Å². The Kier molecular flexibility index (Phi) is 3.97. The first-order chi connectivity index (χ1) is 10.5. The fourth-order valence-electron chi connectivity index (χ4n) is 2.90. The number of benzene rings is 1. The molecule has 6 heteroatoms. The molecule has 3 rings (SSSR count). The average molecular weight is 320 g/mol. The standard InChI is InChI=1S/C16H20N2O3S/c1-3-21-14-6-8-15(9-7-14)22(19,20)18-12-11-17-10-4-5-16(17)13(18)2/h4-10,13H,3,11-12H2,1-2H3/t13-/m1/s1. The Morgan fingerprint density at radius 1 is 1.18 bits per heavy atom. The number of sulfonamides is 1. The van der Waals surface area contributed by atoms with Gasteiger partial charge in [-0.3, -0.25) is 0 Å². The minimum absolute atomic E-state index is 0.166. The number of fused-ring (bicyclic) bond motifs is 1. The van der Waals surface area contributed by atoms with Crippen LogP contribution in [0.3, 0.4) is 0 Å². The lowest BCUT2D eigenvalue weighted by Gasteiger charge is -2.33. The maximum atomic E-state index is 12.9. The minimum Gasteiger partial charge on any atom is -0.494 e. The van der Waals surface area contributed by atoms with Gasteiger partial charge in [0.25, 0.3) is 0 Å². The molecule has 0 N–H and O–H groups in total. The molecule has 0 fully saturated rings. The lowest BCUT2D eigenvalue weighted by molar-refractivity contribution is 0.282. The highest BCUT2D eigenvalue weighted by Crippen LogP contribution is 2.31. The number of hydrogen-bond acceptors (Lipinski definition) is 3. The number of hydrogen-bond donors (Lipinski definition) is 0. The van der Waals surface area contributed by atoms with Crippen molar-refractivity contribution in [2.24, 2.45) is 0 Å². The summed E-state index contributed by atoms with van der Waals surface area (Å²) in [7, 11) is -3.50. The third-order valence-electron chi connectivity index (χ3n) is 4.03. The van der Waals surface area contributed by atoms with Crippen molar-refractivity contribution >= 4 is 10.0 Å². The molecular weight excluding hydrogens is 300 g/mol. The van der Waals surface area contributed by atoms with Crippen LogP contribution in [0.1, 0.15) is 25.6 Å². The molecule has 1 aromatic carbocycles. The number of aromatic nitrogens is 1. The predicted octanol–water partition coefficient (Wildman–Crippen LogP) is 2.65. The molecule has 0 amide bonds. The van der Waals surface area contributed by atoms with Gasteiger partial charge in [-0.05, 0) is 50.2 Å². The molecule has 2 aromatic rings. The Morgan fingerprint density at radius 3 is 2.59 bits per heavy atom. The van der Waals surface area contributed by atoms with E-state index in [-0.39, 0.29) is 6.04 Å². The molecule has 0 bridgehead atoms. The maximum absolute atomic E-state index is 12.9. The molecule has 0 saturated heterocycles. The Labute approximate surface area is 131 Å². The van der Waals surface area contributed by atoms with Gasteiger partial charge in [0.05, 0.1) is 17.5 Å². The van der Waals surface area contributed by atoms with Crippen LogP contribution in [0.25, 0.3) is 0 Å². The highest BCUT2D eigenvalue weighted by Gasteiger charge is 2.33. The molecule has 0 spiro atoms. The number of rotatable bonds is 4. The molecule has 1 aromatic heterocycles. The molecular formula is C16H20N2O3S. The number of ether oxygens (including phenoxy) is 1. The molecule has 1 atom stereocenters. The predicted molar refractivity (Wildman–Crippen MR) is 84.3 cm³/mol. The quantitative estimate of drug-likeness (QED) is 0.870. The van der Waals surface area contributed by atoms with E-state index in [4.69, 9.17) is 4.74 Å². The fourth-order valence-corrected chi connectivity index (χ4v) is 4.49.